The van der Waals surface area contributed by atoms with Gasteiger partial charge in [0.05, 0.1) is 18.2 Å². The van der Waals surface area contributed by atoms with E-state index in [0.717, 1.165) is 11.3 Å². The lowest BCUT2D eigenvalue weighted by Crippen LogP contribution is -3.00. The minimum atomic E-state index is 0. The molecular formula is C13H13Cl3NO2-. The Bertz CT molecular complexity index is 528. The fourth-order valence-corrected chi connectivity index (χ4v) is 1.98. The molecular weight excluding hydrogens is 309 g/mol. The van der Waals surface area contributed by atoms with Crippen LogP contribution in [-0.4, -0.2) is 18.3 Å². The van der Waals surface area contributed by atoms with Gasteiger partial charge in [0.2, 0.25) is 0 Å². The normalized spacial score (nSPS) is 10.3. The summed E-state index contributed by atoms with van der Waals surface area (Å²) >= 11 is 12.0. The van der Waals surface area contributed by atoms with Crippen molar-refractivity contribution >= 4 is 23.2 Å². The van der Waals surface area contributed by atoms with E-state index in [2.05, 4.69) is 5.32 Å². The molecule has 0 saturated heterocycles. The van der Waals surface area contributed by atoms with Gasteiger partial charge in [-0.2, -0.15) is 0 Å². The highest BCUT2D eigenvalue weighted by atomic mass is 35.5. The van der Waals surface area contributed by atoms with Crippen LogP contribution in [0.25, 0.3) is 11.3 Å². The van der Waals surface area contributed by atoms with E-state index >= 15 is 0 Å². The zero-order chi connectivity index (χ0) is 13.0. The van der Waals surface area contributed by atoms with Crippen LogP contribution in [0.3, 0.4) is 0 Å². The van der Waals surface area contributed by atoms with Gasteiger partial charge >= 0.3 is 0 Å². The van der Waals surface area contributed by atoms with E-state index in [1.54, 1.807) is 18.2 Å². The zero-order valence-electron chi connectivity index (χ0n) is 10.00. The van der Waals surface area contributed by atoms with Gasteiger partial charge in [-0.15, -0.1) is 0 Å². The second-order valence-electron chi connectivity index (χ2n) is 3.79. The Morgan fingerprint density at radius 1 is 1.16 bits per heavy atom. The maximum atomic E-state index is 8.67. The Hall–Kier alpha value is -0.710. The first-order valence-corrected chi connectivity index (χ1v) is 6.32. The molecule has 0 spiro atoms. The van der Waals surface area contributed by atoms with Crippen LogP contribution in [0.4, 0.5) is 0 Å². The summed E-state index contributed by atoms with van der Waals surface area (Å²) in [6, 6.07) is 8.98. The molecule has 6 heteroatoms. The number of nitrogens with one attached hydrogen (secondary N) is 1. The van der Waals surface area contributed by atoms with Gasteiger partial charge in [0.15, 0.2) is 0 Å². The Labute approximate surface area is 127 Å². The number of benzene rings is 1. The number of rotatable bonds is 5. The minimum absolute atomic E-state index is 0. The van der Waals surface area contributed by atoms with Gasteiger partial charge in [-0.25, -0.2) is 0 Å². The summed E-state index contributed by atoms with van der Waals surface area (Å²) in [5.41, 5.74) is 0.776. The molecule has 0 radical (unpaired) electrons. The largest absolute Gasteiger partial charge is 1.00 e. The number of aliphatic hydroxyl groups is 1. The third-order valence-corrected chi connectivity index (χ3v) is 3.01. The standard InChI is InChI=1S/C13H13Cl2NO2.ClH/c14-9-1-3-12(15)11(7-9)13-4-2-10(18-13)8-16-5-6-17;/h1-4,7,16-17H,5-6,8H2;1H/p-1. The predicted molar refractivity (Wildman–Crippen MR) is 73.0 cm³/mol. The van der Waals surface area contributed by atoms with Crippen LogP contribution in [0.15, 0.2) is 34.7 Å². The molecule has 0 amide bonds. The lowest BCUT2D eigenvalue weighted by atomic mass is 10.2. The quantitative estimate of drug-likeness (QED) is 0.781. The maximum absolute atomic E-state index is 8.67. The first-order chi connectivity index (χ1) is 8.70. The summed E-state index contributed by atoms with van der Waals surface area (Å²) in [5.74, 6) is 1.47. The SMILES string of the molecule is OCCNCc1ccc(-c2cc(Cl)ccc2Cl)o1.[Cl-]. The van der Waals surface area contributed by atoms with Crippen molar-refractivity contribution < 1.29 is 21.9 Å². The van der Waals surface area contributed by atoms with Crippen molar-refractivity contribution in [3.8, 4) is 11.3 Å². The number of hydrogen-bond acceptors (Lipinski definition) is 3. The average Bonchev–Trinajstić information content (AvgIpc) is 2.81. The Balaban J connectivity index is 0.00000180. The van der Waals surface area contributed by atoms with Gasteiger partial charge in [-0.05, 0) is 30.3 Å². The van der Waals surface area contributed by atoms with E-state index < -0.39 is 0 Å². The van der Waals surface area contributed by atoms with Gasteiger partial charge in [-0.1, -0.05) is 23.2 Å². The van der Waals surface area contributed by atoms with E-state index in [1.165, 1.54) is 0 Å². The van der Waals surface area contributed by atoms with Crippen molar-refractivity contribution in [3.63, 3.8) is 0 Å². The van der Waals surface area contributed by atoms with Crippen LogP contribution in [0.1, 0.15) is 5.76 Å². The first-order valence-electron chi connectivity index (χ1n) is 5.56. The van der Waals surface area contributed by atoms with Gasteiger partial charge in [0, 0.05) is 17.1 Å². The third kappa shape index (κ3) is 4.41. The van der Waals surface area contributed by atoms with E-state index in [-0.39, 0.29) is 19.0 Å². The summed E-state index contributed by atoms with van der Waals surface area (Å²) in [7, 11) is 0. The summed E-state index contributed by atoms with van der Waals surface area (Å²) in [6.07, 6.45) is 0. The molecule has 0 aliphatic carbocycles. The van der Waals surface area contributed by atoms with Crippen LogP contribution in [0.5, 0.6) is 0 Å². The van der Waals surface area contributed by atoms with E-state index in [9.17, 15) is 0 Å². The highest BCUT2D eigenvalue weighted by molar-refractivity contribution is 6.35. The fourth-order valence-electron chi connectivity index (χ4n) is 1.59. The van der Waals surface area contributed by atoms with Gasteiger partial charge in [-0.3, -0.25) is 0 Å². The highest BCUT2D eigenvalue weighted by Crippen LogP contribution is 2.31. The van der Waals surface area contributed by atoms with E-state index in [0.29, 0.717) is 28.9 Å². The molecule has 0 saturated carbocycles. The molecule has 19 heavy (non-hydrogen) atoms. The highest BCUT2D eigenvalue weighted by Gasteiger charge is 2.09. The number of aliphatic hydroxyl groups excluding tert-OH is 1. The van der Waals surface area contributed by atoms with Crippen molar-refractivity contribution in [1.82, 2.24) is 5.32 Å². The molecule has 0 fully saturated rings. The van der Waals surface area contributed by atoms with Gasteiger partial charge in [0.25, 0.3) is 0 Å². The summed E-state index contributed by atoms with van der Waals surface area (Å²) in [4.78, 5) is 0. The topological polar surface area (TPSA) is 45.4 Å². The van der Waals surface area contributed by atoms with E-state index in [1.807, 2.05) is 12.1 Å². The molecule has 0 aliphatic rings. The van der Waals surface area contributed by atoms with Crippen molar-refractivity contribution in [2.75, 3.05) is 13.2 Å². The van der Waals surface area contributed by atoms with Crippen molar-refractivity contribution in [2.45, 2.75) is 6.54 Å². The molecule has 2 N–H and O–H groups in total. The lowest BCUT2D eigenvalue weighted by molar-refractivity contribution is -0.00000512. The molecule has 1 aromatic heterocycles. The summed E-state index contributed by atoms with van der Waals surface area (Å²) in [6.45, 7) is 1.21. The monoisotopic (exact) mass is 320 g/mol. The third-order valence-electron chi connectivity index (χ3n) is 2.44. The molecule has 104 valence electrons. The summed E-state index contributed by atoms with van der Waals surface area (Å²) in [5, 5.41) is 12.9. The Morgan fingerprint density at radius 2 is 1.95 bits per heavy atom. The minimum Gasteiger partial charge on any atom is -1.00 e. The van der Waals surface area contributed by atoms with Crippen molar-refractivity contribution in [2.24, 2.45) is 0 Å². The maximum Gasteiger partial charge on any atom is 0.135 e. The molecule has 0 bridgehead atoms. The molecule has 0 aliphatic heterocycles. The number of halogens is 3. The van der Waals surface area contributed by atoms with Crippen LogP contribution in [0, 0.1) is 0 Å². The molecule has 2 aromatic rings. The van der Waals surface area contributed by atoms with Crippen LogP contribution in [-0.2, 0) is 6.54 Å². The molecule has 0 atom stereocenters. The number of furan rings is 1. The average molecular weight is 322 g/mol. The summed E-state index contributed by atoms with van der Waals surface area (Å²) < 4.78 is 5.66. The molecule has 1 aromatic carbocycles. The zero-order valence-corrected chi connectivity index (χ0v) is 12.3. The van der Waals surface area contributed by atoms with Crippen LogP contribution >= 0.6 is 23.2 Å². The van der Waals surface area contributed by atoms with Crippen LogP contribution < -0.4 is 17.7 Å². The van der Waals surface area contributed by atoms with Crippen LogP contribution in [0.2, 0.25) is 10.0 Å². The lowest BCUT2D eigenvalue weighted by Gasteiger charge is -2.02. The Kier molecular flexibility index (Phi) is 6.69. The Morgan fingerprint density at radius 3 is 2.68 bits per heavy atom. The number of hydrogen-bond donors (Lipinski definition) is 2. The second kappa shape index (κ2) is 7.78. The predicted octanol–water partition coefficient (Wildman–Crippen LogP) is 0.339. The van der Waals surface area contributed by atoms with Crippen molar-refractivity contribution in [3.05, 3.63) is 46.1 Å². The smallest absolute Gasteiger partial charge is 0.135 e. The molecule has 0 unspecified atom stereocenters. The van der Waals surface area contributed by atoms with Crippen molar-refractivity contribution in [1.29, 1.82) is 0 Å². The van der Waals surface area contributed by atoms with E-state index in [4.69, 9.17) is 32.7 Å². The molecule has 1 heterocycles. The van der Waals surface area contributed by atoms with Gasteiger partial charge < -0.3 is 27.2 Å². The second-order valence-corrected chi connectivity index (χ2v) is 4.63. The fraction of sp³-hybridized carbons (Fsp3) is 0.231. The molecule has 2 rings (SSSR count). The molecule has 3 nitrogen and oxygen atoms in total. The van der Waals surface area contributed by atoms with Gasteiger partial charge in [0.1, 0.15) is 11.5 Å². The first kappa shape index (κ1) is 16.3.